The van der Waals surface area contributed by atoms with Crippen LogP contribution in [0.2, 0.25) is 0 Å². The average molecular weight is 389 g/mol. The van der Waals surface area contributed by atoms with Gasteiger partial charge in [0.1, 0.15) is 0 Å². The van der Waals surface area contributed by atoms with E-state index in [9.17, 15) is 0 Å². The van der Waals surface area contributed by atoms with Crippen LogP contribution in [0, 0.1) is 8.80 Å². The van der Waals surface area contributed by atoms with Crippen molar-refractivity contribution in [1.29, 1.82) is 0 Å². The van der Waals surface area contributed by atoms with Gasteiger partial charge in [0.05, 0.1) is 14.0 Å². The van der Waals surface area contributed by atoms with E-state index >= 15 is 0 Å². The van der Waals surface area contributed by atoms with Crippen molar-refractivity contribution in [2.45, 2.75) is 38.1 Å². The lowest BCUT2D eigenvalue weighted by molar-refractivity contribution is 0.230. The summed E-state index contributed by atoms with van der Waals surface area (Å²) in [5.74, 6) is 2.00. The molecule has 4 nitrogen and oxygen atoms in total. The second-order valence-electron chi connectivity index (χ2n) is 5.40. The molecule has 0 amide bonds. The lowest BCUT2D eigenvalue weighted by Crippen LogP contribution is -2.41. The summed E-state index contributed by atoms with van der Waals surface area (Å²) >= 11 is 3.96. The summed E-state index contributed by atoms with van der Waals surface area (Å²) in [6, 6.07) is 2.05. The Labute approximate surface area is 129 Å². The van der Waals surface area contributed by atoms with Crippen LogP contribution in [-0.4, -0.2) is 10.1 Å². The first-order valence-corrected chi connectivity index (χ1v) is 8.40. The van der Waals surface area contributed by atoms with Crippen LogP contribution in [0.3, 0.4) is 0 Å². The van der Waals surface area contributed by atoms with E-state index in [1.165, 1.54) is 2.88 Å². The third kappa shape index (κ3) is 2.71. The van der Waals surface area contributed by atoms with Crippen LogP contribution < -0.4 is 5.73 Å². The highest BCUT2D eigenvalue weighted by Crippen LogP contribution is 2.37. The number of aromatic nitrogens is 2. The number of hydrogen-bond donors (Lipinski definition) is 1. The third-order valence-electron chi connectivity index (χ3n) is 3.85. The molecule has 0 bridgehead atoms. The smallest absolute Gasteiger partial charge is 0.258 e. The first-order valence-electron chi connectivity index (χ1n) is 6.44. The van der Waals surface area contributed by atoms with Gasteiger partial charge in [-0.25, -0.2) is 0 Å². The van der Waals surface area contributed by atoms with E-state index in [4.69, 9.17) is 10.3 Å². The van der Waals surface area contributed by atoms with Gasteiger partial charge in [0.2, 0.25) is 0 Å². The molecule has 0 unspecified atom stereocenters. The molecule has 0 spiro atoms. The Morgan fingerprint density at radius 3 is 2.84 bits per heavy atom. The molecule has 6 heteroatoms. The zero-order chi connectivity index (χ0) is 13.5. The Bertz CT molecular complexity index is 572. The van der Waals surface area contributed by atoms with Crippen molar-refractivity contribution in [3.8, 4) is 11.5 Å². The Morgan fingerprint density at radius 2 is 2.21 bits per heavy atom. The van der Waals surface area contributed by atoms with Gasteiger partial charge in [0.15, 0.2) is 5.82 Å². The zero-order valence-electron chi connectivity index (χ0n) is 10.7. The van der Waals surface area contributed by atoms with Crippen LogP contribution >= 0.6 is 33.9 Å². The van der Waals surface area contributed by atoms with E-state index in [1.54, 1.807) is 11.3 Å². The van der Waals surface area contributed by atoms with Crippen LogP contribution in [0.25, 0.3) is 11.5 Å². The third-order valence-corrected chi connectivity index (χ3v) is 5.64. The van der Waals surface area contributed by atoms with Crippen molar-refractivity contribution in [1.82, 2.24) is 10.1 Å². The lowest BCUT2D eigenvalue weighted by Gasteiger charge is -2.33. The maximum atomic E-state index is 6.46. The van der Waals surface area contributed by atoms with Crippen LogP contribution in [0.5, 0.6) is 0 Å². The molecule has 2 N–H and O–H groups in total. The maximum absolute atomic E-state index is 6.46. The minimum Gasteiger partial charge on any atom is -0.334 e. The molecule has 2 heterocycles. The standard InChI is InChI=1S/C13H16IN3OS/c1-8-2-4-13(15,5-3-8)12-16-11(18-17-12)9-6-10(14)19-7-9/h6-8H,2-5,15H2,1H3. The normalized spacial score (nSPS) is 27.6. The van der Waals surface area contributed by atoms with Gasteiger partial charge in [-0.2, -0.15) is 4.98 Å². The Balaban J connectivity index is 1.85. The molecule has 1 aliphatic carbocycles. The molecule has 0 aliphatic heterocycles. The summed E-state index contributed by atoms with van der Waals surface area (Å²) < 4.78 is 6.58. The van der Waals surface area contributed by atoms with E-state index in [0.717, 1.165) is 37.2 Å². The molecule has 2 aromatic rings. The molecule has 0 radical (unpaired) electrons. The van der Waals surface area contributed by atoms with Gasteiger partial charge < -0.3 is 10.3 Å². The van der Waals surface area contributed by atoms with Gasteiger partial charge in [0, 0.05) is 5.38 Å². The summed E-state index contributed by atoms with van der Waals surface area (Å²) in [4.78, 5) is 4.51. The number of rotatable bonds is 2. The number of nitrogens with zero attached hydrogens (tertiary/aromatic N) is 2. The Kier molecular flexibility index (Phi) is 3.65. The van der Waals surface area contributed by atoms with Crippen molar-refractivity contribution in [3.05, 3.63) is 20.2 Å². The fraction of sp³-hybridized carbons (Fsp3) is 0.538. The lowest BCUT2D eigenvalue weighted by atomic mass is 9.77. The number of hydrogen-bond acceptors (Lipinski definition) is 5. The van der Waals surface area contributed by atoms with Crippen molar-refractivity contribution < 1.29 is 4.52 Å². The Morgan fingerprint density at radius 1 is 1.47 bits per heavy atom. The largest absolute Gasteiger partial charge is 0.334 e. The highest BCUT2D eigenvalue weighted by atomic mass is 127. The fourth-order valence-electron chi connectivity index (χ4n) is 2.47. The van der Waals surface area contributed by atoms with Gasteiger partial charge in [-0.3, -0.25) is 0 Å². The van der Waals surface area contributed by atoms with Crippen LogP contribution in [-0.2, 0) is 5.54 Å². The van der Waals surface area contributed by atoms with E-state index < -0.39 is 5.54 Å². The molecular formula is C13H16IN3OS. The number of thiophene rings is 1. The summed E-state index contributed by atoms with van der Waals surface area (Å²) in [6.45, 7) is 2.27. The van der Waals surface area contributed by atoms with Crippen molar-refractivity contribution >= 4 is 33.9 Å². The monoisotopic (exact) mass is 389 g/mol. The highest BCUT2D eigenvalue weighted by molar-refractivity contribution is 14.1. The zero-order valence-corrected chi connectivity index (χ0v) is 13.7. The van der Waals surface area contributed by atoms with Gasteiger partial charge in [-0.15, -0.1) is 11.3 Å². The summed E-state index contributed by atoms with van der Waals surface area (Å²) in [7, 11) is 0. The predicted molar refractivity (Wildman–Crippen MR) is 83.8 cm³/mol. The molecule has 0 aromatic carbocycles. The average Bonchev–Trinajstić information content (AvgIpc) is 3.02. The molecule has 3 rings (SSSR count). The molecule has 0 atom stereocenters. The van der Waals surface area contributed by atoms with E-state index in [1.807, 2.05) is 5.38 Å². The molecule has 19 heavy (non-hydrogen) atoms. The molecular weight excluding hydrogens is 373 g/mol. The van der Waals surface area contributed by atoms with Crippen molar-refractivity contribution in [2.75, 3.05) is 0 Å². The summed E-state index contributed by atoms with van der Waals surface area (Å²) in [5, 5.41) is 6.15. The minimum absolute atomic E-state index is 0.405. The topological polar surface area (TPSA) is 64.9 Å². The molecule has 102 valence electrons. The predicted octanol–water partition coefficient (Wildman–Crippen LogP) is 3.77. The van der Waals surface area contributed by atoms with E-state index in [0.29, 0.717) is 11.7 Å². The van der Waals surface area contributed by atoms with Gasteiger partial charge in [-0.05, 0) is 60.3 Å². The molecule has 1 aliphatic rings. The van der Waals surface area contributed by atoms with Crippen LogP contribution in [0.15, 0.2) is 16.0 Å². The van der Waals surface area contributed by atoms with Gasteiger partial charge in [-0.1, -0.05) is 12.1 Å². The first-order chi connectivity index (χ1) is 9.07. The van der Waals surface area contributed by atoms with E-state index in [-0.39, 0.29) is 0 Å². The molecule has 2 aromatic heterocycles. The second-order valence-corrected chi connectivity index (χ2v) is 8.21. The Hall–Kier alpha value is -0.470. The van der Waals surface area contributed by atoms with Crippen LogP contribution in [0.1, 0.15) is 38.4 Å². The summed E-state index contributed by atoms with van der Waals surface area (Å²) in [5.41, 5.74) is 7.04. The maximum Gasteiger partial charge on any atom is 0.258 e. The molecule has 1 fully saturated rings. The minimum atomic E-state index is -0.405. The molecule has 0 saturated heterocycles. The van der Waals surface area contributed by atoms with Gasteiger partial charge in [0.25, 0.3) is 5.89 Å². The number of halogens is 1. The second kappa shape index (κ2) is 5.14. The summed E-state index contributed by atoms with van der Waals surface area (Å²) in [6.07, 6.45) is 4.15. The van der Waals surface area contributed by atoms with Crippen LogP contribution in [0.4, 0.5) is 0 Å². The highest BCUT2D eigenvalue weighted by Gasteiger charge is 2.36. The fourth-order valence-corrected chi connectivity index (χ4v) is 3.79. The number of nitrogens with two attached hydrogens (primary N) is 1. The quantitative estimate of drug-likeness (QED) is 0.795. The molecule has 1 saturated carbocycles. The SMILES string of the molecule is CC1CCC(N)(c2noc(-c3csc(I)c3)n2)CC1. The van der Waals surface area contributed by atoms with E-state index in [2.05, 4.69) is 45.7 Å². The van der Waals surface area contributed by atoms with Gasteiger partial charge >= 0.3 is 0 Å². The van der Waals surface area contributed by atoms with Crippen molar-refractivity contribution in [3.63, 3.8) is 0 Å². The van der Waals surface area contributed by atoms with Crippen molar-refractivity contribution in [2.24, 2.45) is 11.7 Å². The first kappa shape index (κ1) is 13.5.